The van der Waals surface area contributed by atoms with Crippen LogP contribution in [0.2, 0.25) is 0 Å². The van der Waals surface area contributed by atoms with E-state index in [-0.39, 0.29) is 216 Å². The number of rotatable bonds is 0. The Hall–Kier alpha value is 4.11. The predicted octanol–water partition coefficient (Wildman–Crippen LogP) is -23.6. The summed E-state index contributed by atoms with van der Waals surface area (Å²) in [7, 11) is -25.4. The van der Waals surface area contributed by atoms with E-state index in [0.717, 1.165) is 0 Å². The van der Waals surface area contributed by atoms with Crippen molar-refractivity contribution < 1.29 is 98.4 Å². The molecule has 21 nitrogen and oxygen atoms in total. The minimum absolute atomic E-state index is 0. The van der Waals surface area contributed by atoms with E-state index in [2.05, 4.69) is 0 Å². The minimum Gasteiger partial charge on any atom is -0.672 e. The van der Waals surface area contributed by atoms with Gasteiger partial charge in [-0.05, 0) is 0 Å². The Balaban J connectivity index is -0.0000000119. The zero-order chi connectivity index (χ0) is 25.0. The third kappa shape index (κ3) is 2940. The average molecular weight is 955 g/mol. The molecule has 0 saturated heterocycles. The molecule has 0 aliphatic rings. The van der Waals surface area contributed by atoms with Gasteiger partial charge in [-0.25, -0.2) is 0 Å². The van der Waals surface area contributed by atoms with Gasteiger partial charge in [0.05, 0.1) is 8.41 Å². The van der Waals surface area contributed by atoms with Crippen LogP contribution in [0.15, 0.2) is 0 Å². The van der Waals surface area contributed by atoms with Crippen LogP contribution in [-0.4, -0.2) is 281 Å². The summed E-state index contributed by atoms with van der Waals surface area (Å²) in [5, 5.41) is 0. The summed E-state index contributed by atoms with van der Waals surface area (Å²) < 4.78 is 59.6. The van der Waals surface area contributed by atoms with Gasteiger partial charge in [-0.2, -0.15) is 0 Å². The van der Waals surface area contributed by atoms with Crippen molar-refractivity contribution in [3.8, 4) is 0 Å². The molecule has 0 fully saturated rings. The van der Waals surface area contributed by atoms with Crippen LogP contribution >= 0.6 is 0 Å². The largest absolute Gasteiger partial charge is 3.00 e. The van der Waals surface area contributed by atoms with Crippen molar-refractivity contribution >= 4 is 281 Å². The third-order valence-electron chi connectivity index (χ3n) is 0. The Kier molecular flexibility index (Phi) is 214. The Morgan fingerprint density at radius 3 is 0.286 bits per heavy atom. The first-order valence-corrected chi connectivity index (χ1v) is 12.9. The van der Waals surface area contributed by atoms with Gasteiger partial charge in [0.25, 0.3) is 0 Å². The van der Waals surface area contributed by atoms with Crippen molar-refractivity contribution in [2.75, 3.05) is 0 Å². The van der Waals surface area contributed by atoms with Crippen molar-refractivity contribution in [1.29, 1.82) is 0 Å². The number of hydrogen-bond acceptors (Lipinski definition) is 21. The molecular weight excluding hydrogens is 952 g/mol. The molecule has 0 aliphatic heterocycles. The molecule has 0 aromatic heterocycles. The van der Waals surface area contributed by atoms with Gasteiger partial charge in [0.1, 0.15) is 0 Å². The fourth-order valence-corrected chi connectivity index (χ4v) is 0. The second kappa shape index (κ2) is 83.2. The predicted molar refractivity (Wildman–Crippen MR) is 89.5 cm³/mol. The number of hydrogen-bond donors (Lipinski definition) is 0. The van der Waals surface area contributed by atoms with Crippen molar-refractivity contribution in [2.45, 2.75) is 0 Å². The van der Waals surface area contributed by atoms with E-state index in [1.54, 1.807) is 0 Å². The van der Waals surface area contributed by atoms with Crippen molar-refractivity contribution in [1.82, 2.24) is 0 Å². The maximum absolute atomic E-state index is 8.52. The average Bonchev–Trinajstić information content (AvgIpc) is 2.20. The van der Waals surface area contributed by atoms with E-state index < -0.39 is 64.2 Å². The maximum atomic E-state index is 8.52. The van der Waals surface area contributed by atoms with Crippen molar-refractivity contribution in [3.63, 3.8) is 0 Å². The molecule has 0 aromatic carbocycles. The van der Waals surface area contributed by atoms with Gasteiger partial charge in [0.2, 0.25) is 0 Å². The SMILES string of the molecule is B.O=[Si]([O-])[O-].O=[Si]([O-])[O-].O=[Si]([O-])[O-].O=[Si]([O-])[O-].O=[Si]([O-])[O-].O=[Si]([O-])[O-].O=[Si]([O-])[O-].[Al+3].[Al+3].[Ba+2].[Ba+2].[Ca+2].[Ca+2]. The zero-order valence-electron chi connectivity index (χ0n) is 16.1. The Bertz CT molecular complexity index is 341. The molecule has 0 atom stereocenters. The topological polar surface area (TPSA) is 442 Å². The second-order valence-corrected chi connectivity index (χ2v) is 5.25. The van der Waals surface area contributed by atoms with Gasteiger partial charge in [0.15, 0.2) is 0 Å². The van der Waals surface area contributed by atoms with Gasteiger partial charge < -0.3 is 98.4 Å². The summed E-state index contributed by atoms with van der Waals surface area (Å²) in [6.45, 7) is 0. The van der Waals surface area contributed by atoms with Gasteiger partial charge in [-0.1, -0.05) is 0 Å². The molecule has 0 spiro atoms. The molecule has 174 valence electrons. The van der Waals surface area contributed by atoms with Crippen LogP contribution < -0.4 is 67.1 Å². The molecule has 35 heavy (non-hydrogen) atoms. The van der Waals surface area contributed by atoms with Gasteiger partial charge in [-0.15, -0.1) is 0 Å². The first kappa shape index (κ1) is 90.1. The molecule has 0 aliphatic carbocycles. The minimum atomic E-state index is -3.63. The second-order valence-electron chi connectivity index (χ2n) is 1.75. The summed E-state index contributed by atoms with van der Waals surface area (Å²) >= 11 is 0. The normalized spacial score (nSPS) is 4.80. The van der Waals surface area contributed by atoms with Gasteiger partial charge >= 0.3 is 208 Å². The van der Waals surface area contributed by atoms with E-state index in [4.69, 9.17) is 98.4 Å². The smallest absolute Gasteiger partial charge is 0.672 e. The summed E-state index contributed by atoms with van der Waals surface area (Å²) in [5.74, 6) is 0. The fourth-order valence-electron chi connectivity index (χ4n) is 0. The molecule has 0 heterocycles. The molecule has 35 heteroatoms. The van der Waals surface area contributed by atoms with Crippen LogP contribution in [-0.2, 0) is 31.2 Å². The monoisotopic (exact) mass is 955 g/mol. The molecule has 0 saturated carbocycles. The van der Waals surface area contributed by atoms with E-state index in [0.29, 0.717) is 0 Å². The van der Waals surface area contributed by atoms with Crippen LogP contribution in [0, 0.1) is 0 Å². The fraction of sp³-hybridized carbons (Fsp3) is 0. The van der Waals surface area contributed by atoms with Gasteiger partial charge in [-0.3, -0.25) is 0 Å². The molecule has 0 unspecified atom stereocenters. The van der Waals surface area contributed by atoms with Crippen molar-refractivity contribution in [2.24, 2.45) is 0 Å². The van der Waals surface area contributed by atoms with E-state index >= 15 is 0 Å². The van der Waals surface area contributed by atoms with Crippen LogP contribution in [0.5, 0.6) is 0 Å². The molecule has 0 rings (SSSR count). The standard InChI is InChI=1S/2Al.BH3.2Ba.2Ca.7O3Si/c;;;;;;;7*1-4(2)3/h;;1H3;;;;;;;;;;;/q2*+3;;4*+2;7*-2. The summed E-state index contributed by atoms with van der Waals surface area (Å²) in [4.78, 5) is 119. The van der Waals surface area contributed by atoms with Crippen LogP contribution in [0.4, 0.5) is 0 Å². The molecule has 0 bridgehead atoms. The van der Waals surface area contributed by atoms with Crippen molar-refractivity contribution in [3.05, 3.63) is 0 Å². The van der Waals surface area contributed by atoms with Crippen LogP contribution in [0.25, 0.3) is 0 Å². The summed E-state index contributed by atoms with van der Waals surface area (Å²) in [5.41, 5.74) is 0. The maximum Gasteiger partial charge on any atom is 3.00 e. The van der Waals surface area contributed by atoms with E-state index in [1.165, 1.54) is 0 Å². The molecule has 0 radical (unpaired) electrons. The molecule has 0 N–H and O–H groups in total. The molecule has 0 amide bonds. The Morgan fingerprint density at radius 2 is 0.286 bits per heavy atom. The van der Waals surface area contributed by atoms with Crippen LogP contribution in [0.1, 0.15) is 0 Å². The zero-order valence-corrected chi connectivity index (χ0v) is 38.7. The van der Waals surface area contributed by atoms with Crippen LogP contribution in [0.3, 0.4) is 0 Å². The summed E-state index contributed by atoms with van der Waals surface area (Å²) in [6.07, 6.45) is 0. The van der Waals surface area contributed by atoms with E-state index in [9.17, 15) is 0 Å². The first-order valence-electron chi connectivity index (χ1n) is 4.29. The third-order valence-corrected chi connectivity index (χ3v) is 0. The summed E-state index contributed by atoms with van der Waals surface area (Å²) in [6, 6.07) is 0. The Morgan fingerprint density at radius 1 is 0.286 bits per heavy atom. The molecule has 0 aromatic rings. The van der Waals surface area contributed by atoms with E-state index in [1.807, 2.05) is 0 Å². The first-order chi connectivity index (χ1) is 12.1. The quantitative estimate of drug-likeness (QED) is 0.203. The molecular formula is H3Al2BBa2Ca2O21Si7. The Labute approximate surface area is 370 Å². The van der Waals surface area contributed by atoms with Gasteiger partial charge in [0, 0.05) is 64.2 Å².